The van der Waals surface area contributed by atoms with Crippen LogP contribution in [0.25, 0.3) is 0 Å². The van der Waals surface area contributed by atoms with E-state index >= 15 is 0 Å². The summed E-state index contributed by atoms with van der Waals surface area (Å²) >= 11 is 0. The Morgan fingerprint density at radius 1 is 1.19 bits per heavy atom. The average Bonchev–Trinajstić information content (AvgIpc) is 3.38. The molecule has 1 saturated carbocycles. The van der Waals surface area contributed by atoms with Crippen LogP contribution >= 0.6 is 0 Å². The van der Waals surface area contributed by atoms with Crippen LogP contribution in [0.1, 0.15) is 47.1 Å². The van der Waals surface area contributed by atoms with Gasteiger partial charge < -0.3 is 5.32 Å². The molecule has 1 atom stereocenters. The second-order valence-corrected chi connectivity index (χ2v) is 8.03. The molecule has 2 amide bonds. The number of rotatable bonds is 5. The van der Waals surface area contributed by atoms with Crippen LogP contribution in [0.2, 0.25) is 0 Å². The van der Waals surface area contributed by atoms with Gasteiger partial charge in [-0.05, 0) is 37.0 Å². The summed E-state index contributed by atoms with van der Waals surface area (Å²) in [7, 11) is 1.70. The summed E-state index contributed by atoms with van der Waals surface area (Å²) in [5.41, 5.74) is 1.87. The number of carbonyl (C=O) groups excluding carboxylic acids is 2. The van der Waals surface area contributed by atoms with Gasteiger partial charge in [0.25, 0.3) is 11.8 Å². The average molecular weight is 423 g/mol. The minimum absolute atomic E-state index is 0.0180. The number of halogens is 1. The Kier molecular flexibility index (Phi) is 4.76. The van der Waals surface area contributed by atoms with Crippen molar-refractivity contribution in [1.82, 2.24) is 29.9 Å². The van der Waals surface area contributed by atoms with Crippen LogP contribution in [0.5, 0.6) is 0 Å². The van der Waals surface area contributed by atoms with E-state index in [0.717, 1.165) is 29.9 Å². The Morgan fingerprint density at radius 2 is 1.97 bits per heavy atom. The number of aryl methyl sites for hydroxylation is 1. The zero-order valence-electron chi connectivity index (χ0n) is 17.0. The molecular formula is C21H22FN7O2. The number of carbonyl (C=O) groups is 2. The van der Waals surface area contributed by atoms with Crippen molar-refractivity contribution < 1.29 is 14.0 Å². The van der Waals surface area contributed by atoms with Crippen LogP contribution in [0.4, 0.5) is 10.2 Å². The number of anilines is 1. The molecule has 2 aromatic heterocycles. The monoisotopic (exact) mass is 423 g/mol. The van der Waals surface area contributed by atoms with Crippen LogP contribution in [0, 0.1) is 5.82 Å². The molecule has 0 saturated heterocycles. The molecule has 0 bridgehead atoms. The molecule has 0 unspecified atom stereocenters. The second-order valence-electron chi connectivity index (χ2n) is 8.03. The molecule has 0 radical (unpaired) electrons. The molecule has 3 heterocycles. The number of nitrogens with one attached hydrogen (secondary N) is 1. The third kappa shape index (κ3) is 3.92. The van der Waals surface area contributed by atoms with Crippen LogP contribution in [-0.2, 0) is 17.9 Å². The van der Waals surface area contributed by atoms with Gasteiger partial charge in [-0.1, -0.05) is 12.1 Å². The normalized spacial score (nSPS) is 18.6. The summed E-state index contributed by atoms with van der Waals surface area (Å²) in [6.45, 7) is 0.894. The van der Waals surface area contributed by atoms with Crippen molar-refractivity contribution in [2.24, 2.45) is 0 Å². The fourth-order valence-electron chi connectivity index (χ4n) is 3.77. The van der Waals surface area contributed by atoms with Gasteiger partial charge in [0.05, 0.1) is 12.2 Å². The molecule has 10 heteroatoms. The Balaban J connectivity index is 1.25. The lowest BCUT2D eigenvalue weighted by Crippen LogP contribution is -2.47. The number of aromatic nitrogens is 5. The Labute approximate surface area is 177 Å². The van der Waals surface area contributed by atoms with Crippen LogP contribution in [0.15, 0.2) is 36.7 Å². The molecule has 31 heavy (non-hydrogen) atoms. The highest BCUT2D eigenvalue weighted by Crippen LogP contribution is 2.40. The number of fused-ring (bicyclic) bond motifs is 1. The highest BCUT2D eigenvalue weighted by molar-refractivity contribution is 6.00. The van der Waals surface area contributed by atoms with Gasteiger partial charge in [0.2, 0.25) is 5.82 Å². The first kappa shape index (κ1) is 19.4. The largest absolute Gasteiger partial charge is 0.337 e. The van der Waals surface area contributed by atoms with E-state index in [1.54, 1.807) is 24.1 Å². The Morgan fingerprint density at radius 3 is 2.71 bits per heavy atom. The molecule has 1 aromatic carbocycles. The molecule has 0 spiro atoms. The Hall–Kier alpha value is -3.56. The van der Waals surface area contributed by atoms with Gasteiger partial charge in [-0.25, -0.2) is 18.7 Å². The van der Waals surface area contributed by atoms with Gasteiger partial charge in [-0.15, -0.1) is 5.10 Å². The highest BCUT2D eigenvalue weighted by atomic mass is 19.1. The maximum Gasteiger partial charge on any atom is 0.291 e. The van der Waals surface area contributed by atoms with Crippen LogP contribution in [0.3, 0.4) is 0 Å². The summed E-state index contributed by atoms with van der Waals surface area (Å²) in [6.07, 6.45) is 4.17. The minimum Gasteiger partial charge on any atom is -0.337 e. The lowest BCUT2D eigenvalue weighted by atomic mass is 10.2. The zero-order chi connectivity index (χ0) is 21.5. The summed E-state index contributed by atoms with van der Waals surface area (Å²) < 4.78 is 16.4. The summed E-state index contributed by atoms with van der Waals surface area (Å²) in [6, 6.07) is 7.31. The van der Waals surface area contributed by atoms with Gasteiger partial charge in [-0.3, -0.25) is 14.5 Å². The van der Waals surface area contributed by atoms with Crippen molar-refractivity contribution in [1.29, 1.82) is 0 Å². The molecule has 1 aliphatic carbocycles. The SMILES string of the molecule is CN1C(=O)[C@H](NC(=O)c2ncn(Cc3ccc(F)cc3)n2)CCn2nc(C3CC3)cc21. The van der Waals surface area contributed by atoms with Crippen LogP contribution < -0.4 is 10.2 Å². The van der Waals surface area contributed by atoms with Gasteiger partial charge in [0.15, 0.2) is 0 Å². The number of hydrogen-bond acceptors (Lipinski definition) is 5. The number of amides is 2. The summed E-state index contributed by atoms with van der Waals surface area (Å²) in [4.78, 5) is 31.2. The van der Waals surface area contributed by atoms with Crippen molar-refractivity contribution >= 4 is 17.6 Å². The molecule has 1 fully saturated rings. The highest BCUT2D eigenvalue weighted by Gasteiger charge is 2.34. The van der Waals surface area contributed by atoms with E-state index in [2.05, 4.69) is 20.5 Å². The first-order valence-electron chi connectivity index (χ1n) is 10.3. The number of likely N-dealkylation sites (N-methyl/N-ethyl adjacent to an activating group) is 1. The zero-order valence-corrected chi connectivity index (χ0v) is 17.0. The smallest absolute Gasteiger partial charge is 0.291 e. The third-order valence-corrected chi connectivity index (χ3v) is 5.68. The molecule has 1 N–H and O–H groups in total. The van der Waals surface area contributed by atoms with Crippen molar-refractivity contribution in [3.8, 4) is 0 Å². The standard InChI is InChI=1S/C21H22FN7O2/c1-27-18-10-17(14-4-5-14)25-29(18)9-8-16(21(27)31)24-20(30)19-23-12-28(26-19)11-13-2-6-15(22)7-3-13/h2-3,6-7,10,12,14,16H,4-5,8-9,11H2,1H3,(H,24,30)/t16-/m1/s1. The number of hydrogen-bond donors (Lipinski definition) is 1. The molecule has 9 nitrogen and oxygen atoms in total. The predicted molar refractivity (Wildman–Crippen MR) is 109 cm³/mol. The molecular weight excluding hydrogens is 401 g/mol. The first-order valence-corrected chi connectivity index (χ1v) is 10.3. The van der Waals surface area contributed by atoms with Gasteiger partial charge in [0, 0.05) is 25.6 Å². The van der Waals surface area contributed by atoms with Crippen molar-refractivity contribution in [2.45, 2.75) is 44.3 Å². The first-order chi connectivity index (χ1) is 15.0. The number of nitrogens with zero attached hydrogens (tertiary/aromatic N) is 6. The topological polar surface area (TPSA) is 97.9 Å². The van der Waals surface area contributed by atoms with Crippen molar-refractivity contribution in [3.05, 3.63) is 59.6 Å². The summed E-state index contributed by atoms with van der Waals surface area (Å²) in [5, 5.41) is 11.6. The van der Waals surface area contributed by atoms with Crippen LogP contribution in [-0.4, -0.2) is 49.4 Å². The number of benzene rings is 1. The maximum absolute atomic E-state index is 13.0. The minimum atomic E-state index is -0.687. The summed E-state index contributed by atoms with van der Waals surface area (Å²) in [5.74, 6) is 0.226. The Bertz CT molecular complexity index is 1130. The van der Waals surface area contributed by atoms with Gasteiger partial charge in [0.1, 0.15) is 24.0 Å². The van der Waals surface area contributed by atoms with E-state index in [1.807, 2.05) is 10.7 Å². The second kappa shape index (κ2) is 7.60. The fourth-order valence-corrected chi connectivity index (χ4v) is 3.77. The lowest BCUT2D eigenvalue weighted by Gasteiger charge is -2.19. The van der Waals surface area contributed by atoms with Gasteiger partial charge >= 0.3 is 0 Å². The third-order valence-electron chi connectivity index (χ3n) is 5.68. The van der Waals surface area contributed by atoms with Gasteiger partial charge in [-0.2, -0.15) is 5.10 Å². The molecule has 3 aromatic rings. The molecule has 2 aliphatic rings. The van der Waals surface area contributed by atoms with E-state index < -0.39 is 11.9 Å². The molecule has 5 rings (SSSR count). The van der Waals surface area contributed by atoms with Crippen molar-refractivity contribution in [3.63, 3.8) is 0 Å². The fraction of sp³-hybridized carbons (Fsp3) is 0.381. The maximum atomic E-state index is 13.0. The van der Waals surface area contributed by atoms with E-state index in [0.29, 0.717) is 25.4 Å². The van der Waals surface area contributed by atoms with E-state index in [-0.39, 0.29) is 17.5 Å². The van der Waals surface area contributed by atoms with Crippen molar-refractivity contribution in [2.75, 3.05) is 11.9 Å². The molecule has 160 valence electrons. The van der Waals surface area contributed by atoms with E-state index in [4.69, 9.17) is 0 Å². The predicted octanol–water partition coefficient (Wildman–Crippen LogP) is 1.70. The molecule has 1 aliphatic heterocycles. The van der Waals surface area contributed by atoms with E-state index in [1.165, 1.54) is 23.1 Å². The quantitative estimate of drug-likeness (QED) is 0.674. The lowest BCUT2D eigenvalue weighted by molar-refractivity contribution is -0.120. The van der Waals surface area contributed by atoms with E-state index in [9.17, 15) is 14.0 Å².